The molecule has 1 unspecified atom stereocenters. The van der Waals surface area contributed by atoms with Crippen LogP contribution in [0.15, 0.2) is 48.6 Å². The van der Waals surface area contributed by atoms with Crippen molar-refractivity contribution in [2.75, 3.05) is 18.0 Å². The van der Waals surface area contributed by atoms with E-state index in [0.29, 0.717) is 36.1 Å². The van der Waals surface area contributed by atoms with E-state index in [1.54, 1.807) is 18.2 Å². The zero-order valence-corrected chi connectivity index (χ0v) is 27.0. The molecular formula is C34H45ClN2O5S. The second kappa shape index (κ2) is 13.6. The first kappa shape index (κ1) is 31.9. The Balaban J connectivity index is 1.54. The van der Waals surface area contributed by atoms with Gasteiger partial charge in [0.05, 0.1) is 17.0 Å². The number of hydrogen-bond donors (Lipinski definition) is 2. The van der Waals surface area contributed by atoms with Crippen molar-refractivity contribution in [3.05, 3.63) is 70.3 Å². The van der Waals surface area contributed by atoms with E-state index in [0.717, 1.165) is 56.4 Å². The van der Waals surface area contributed by atoms with Crippen LogP contribution in [0.5, 0.6) is 5.75 Å². The van der Waals surface area contributed by atoms with E-state index in [1.165, 1.54) is 5.56 Å². The molecule has 3 aliphatic rings. The number of halogens is 1. The number of benzene rings is 2. The van der Waals surface area contributed by atoms with E-state index in [4.69, 9.17) is 16.3 Å². The molecule has 43 heavy (non-hydrogen) atoms. The minimum absolute atomic E-state index is 0.134. The molecule has 1 aliphatic carbocycles. The van der Waals surface area contributed by atoms with Gasteiger partial charge in [0, 0.05) is 23.7 Å². The molecule has 0 spiro atoms. The molecule has 1 amide bonds. The van der Waals surface area contributed by atoms with Crippen molar-refractivity contribution in [2.24, 2.45) is 23.7 Å². The number of ether oxygens (including phenoxy) is 1. The average Bonchev–Trinajstić information content (AvgIpc) is 2.96. The third kappa shape index (κ3) is 7.58. The van der Waals surface area contributed by atoms with E-state index in [9.17, 15) is 18.3 Å². The van der Waals surface area contributed by atoms with E-state index in [2.05, 4.69) is 9.62 Å². The van der Waals surface area contributed by atoms with Gasteiger partial charge >= 0.3 is 0 Å². The van der Waals surface area contributed by atoms with Crippen molar-refractivity contribution in [2.45, 2.75) is 83.7 Å². The monoisotopic (exact) mass is 628 g/mol. The van der Waals surface area contributed by atoms with Crippen LogP contribution in [0.4, 0.5) is 5.69 Å². The molecule has 1 saturated carbocycles. The van der Waals surface area contributed by atoms with Gasteiger partial charge in [0.15, 0.2) is 0 Å². The molecule has 2 aromatic carbocycles. The van der Waals surface area contributed by atoms with E-state index in [1.807, 2.05) is 51.1 Å². The summed E-state index contributed by atoms with van der Waals surface area (Å²) in [6, 6.07) is 11.1. The summed E-state index contributed by atoms with van der Waals surface area (Å²) in [5, 5.41) is 11.1. The molecule has 2 aromatic rings. The standard InChI is InChI=1S/C34H45ClN2O5S/c1-22(2)17-33-23(3)7-6-9-31(38)29-14-11-26(29)20-37-16-5-4-8-24-18-28(35)13-10-27(24)21-42-32-15-12-25(19-30(32)37)34(39)36-43(33,40)41/h6,9-10,12-13,15,18-19,22-23,26,29,31,33,38H,4-5,7-8,11,14,16-17,20-21H2,1-3H3,(H,36,39)/b9-6+/t23-,26-,29+,31-,33?/m0/s1. The number of carbonyl (C=O) groups excluding carboxylic acids is 1. The number of hydrogen-bond acceptors (Lipinski definition) is 6. The zero-order valence-electron chi connectivity index (χ0n) is 25.5. The lowest BCUT2D eigenvalue weighted by atomic mass is 9.70. The Bertz CT molecular complexity index is 1440. The predicted octanol–water partition coefficient (Wildman–Crippen LogP) is 6.52. The third-order valence-corrected chi connectivity index (χ3v) is 11.6. The number of aryl methyl sites for hydroxylation is 1. The molecule has 234 valence electrons. The highest BCUT2D eigenvalue weighted by atomic mass is 35.5. The molecule has 1 fully saturated rings. The number of rotatable bonds is 2. The number of nitrogens with zero attached hydrogens (tertiary/aromatic N) is 1. The fourth-order valence-corrected chi connectivity index (χ4v) is 8.84. The highest BCUT2D eigenvalue weighted by molar-refractivity contribution is 7.90. The van der Waals surface area contributed by atoms with Crippen LogP contribution in [0.25, 0.3) is 0 Å². The molecule has 2 aliphatic heterocycles. The minimum Gasteiger partial charge on any atom is -0.487 e. The summed E-state index contributed by atoms with van der Waals surface area (Å²) in [7, 11) is -3.97. The molecule has 2 bridgehead atoms. The maximum atomic E-state index is 13.6. The summed E-state index contributed by atoms with van der Waals surface area (Å²) in [6.07, 6.45) is 8.89. The van der Waals surface area contributed by atoms with Crippen molar-refractivity contribution < 1.29 is 23.1 Å². The van der Waals surface area contributed by atoms with Crippen LogP contribution >= 0.6 is 11.6 Å². The summed E-state index contributed by atoms with van der Waals surface area (Å²) < 4.78 is 36.1. The Morgan fingerprint density at radius 2 is 1.93 bits per heavy atom. The van der Waals surface area contributed by atoms with Crippen molar-refractivity contribution in [1.82, 2.24) is 4.72 Å². The first-order valence-electron chi connectivity index (χ1n) is 15.7. The van der Waals surface area contributed by atoms with Crippen molar-refractivity contribution in [3.8, 4) is 5.75 Å². The van der Waals surface area contributed by atoms with Crippen LogP contribution in [-0.2, 0) is 23.1 Å². The molecule has 2 N–H and O–H groups in total. The normalized spacial score (nSPS) is 28.7. The maximum absolute atomic E-state index is 13.6. The van der Waals surface area contributed by atoms with Gasteiger partial charge in [-0.05, 0) is 110 Å². The lowest BCUT2D eigenvalue weighted by molar-refractivity contribution is 0.0461. The highest BCUT2D eigenvalue weighted by Gasteiger charge is 2.38. The quantitative estimate of drug-likeness (QED) is 0.368. The number of allylic oxidation sites excluding steroid dienone is 1. The lowest BCUT2D eigenvalue weighted by Gasteiger charge is -2.42. The van der Waals surface area contributed by atoms with Crippen molar-refractivity contribution >= 4 is 33.2 Å². The van der Waals surface area contributed by atoms with Gasteiger partial charge in [0.25, 0.3) is 5.91 Å². The first-order chi connectivity index (χ1) is 20.5. The fourth-order valence-electron chi connectivity index (χ4n) is 6.75. The smallest absolute Gasteiger partial charge is 0.264 e. The van der Waals surface area contributed by atoms with Gasteiger partial charge < -0.3 is 14.7 Å². The minimum atomic E-state index is -3.97. The average molecular weight is 629 g/mol. The molecule has 0 saturated heterocycles. The number of aliphatic hydroxyl groups is 1. The SMILES string of the molecule is CC(C)CC1[C@@H](C)C/C=C/[C@H](O)[C@@H]2CC[C@H]2CN2CCCCc3cc(Cl)ccc3COc3ccc(cc32)C(=O)NS1(=O)=O. The second-order valence-electron chi connectivity index (χ2n) is 13.1. The highest BCUT2D eigenvalue weighted by Crippen LogP contribution is 2.41. The van der Waals surface area contributed by atoms with E-state index in [-0.39, 0.29) is 23.3 Å². The zero-order chi connectivity index (χ0) is 30.7. The Morgan fingerprint density at radius 1 is 1.12 bits per heavy atom. The molecule has 0 aromatic heterocycles. The number of amides is 1. The van der Waals surface area contributed by atoms with Crippen molar-refractivity contribution in [3.63, 3.8) is 0 Å². The Morgan fingerprint density at radius 3 is 2.67 bits per heavy atom. The van der Waals surface area contributed by atoms with Crippen LogP contribution in [0.1, 0.15) is 80.8 Å². The third-order valence-electron chi connectivity index (χ3n) is 9.42. The summed E-state index contributed by atoms with van der Waals surface area (Å²) >= 11 is 6.32. The summed E-state index contributed by atoms with van der Waals surface area (Å²) in [4.78, 5) is 15.8. The molecule has 7 nitrogen and oxygen atoms in total. The largest absolute Gasteiger partial charge is 0.487 e. The first-order valence-corrected chi connectivity index (χ1v) is 17.6. The van der Waals surface area contributed by atoms with Gasteiger partial charge in [-0.3, -0.25) is 4.79 Å². The Kier molecular flexibility index (Phi) is 10.1. The van der Waals surface area contributed by atoms with Crippen LogP contribution in [0.2, 0.25) is 5.02 Å². The van der Waals surface area contributed by atoms with Gasteiger partial charge in [-0.25, -0.2) is 13.1 Å². The number of carbonyl (C=O) groups is 1. The summed E-state index contributed by atoms with van der Waals surface area (Å²) in [5.41, 5.74) is 3.31. The summed E-state index contributed by atoms with van der Waals surface area (Å²) in [6.45, 7) is 7.72. The van der Waals surface area contributed by atoms with E-state index < -0.39 is 27.3 Å². The molecule has 2 heterocycles. The van der Waals surface area contributed by atoms with Crippen LogP contribution in [0, 0.1) is 23.7 Å². The number of sulfonamides is 1. The predicted molar refractivity (Wildman–Crippen MR) is 172 cm³/mol. The fraction of sp³-hybridized carbons (Fsp3) is 0.559. The van der Waals surface area contributed by atoms with Crippen LogP contribution in [0.3, 0.4) is 0 Å². The Hall–Kier alpha value is -2.55. The maximum Gasteiger partial charge on any atom is 0.264 e. The van der Waals surface area contributed by atoms with Crippen molar-refractivity contribution in [1.29, 1.82) is 0 Å². The van der Waals surface area contributed by atoms with Gasteiger partial charge in [-0.2, -0.15) is 0 Å². The lowest BCUT2D eigenvalue weighted by Crippen LogP contribution is -2.44. The molecule has 5 rings (SSSR count). The summed E-state index contributed by atoms with van der Waals surface area (Å²) in [5.74, 6) is 0.356. The van der Waals surface area contributed by atoms with Gasteiger partial charge in [0.2, 0.25) is 10.0 Å². The Labute approximate surface area is 261 Å². The second-order valence-corrected chi connectivity index (χ2v) is 15.4. The molecule has 0 radical (unpaired) electrons. The molecule has 5 atom stereocenters. The van der Waals surface area contributed by atoms with Gasteiger partial charge in [0.1, 0.15) is 12.4 Å². The number of nitrogens with one attached hydrogen (secondary N) is 1. The van der Waals surface area contributed by atoms with Gasteiger partial charge in [-0.1, -0.05) is 50.6 Å². The molecule has 9 heteroatoms. The number of fused-ring (bicyclic) bond motifs is 3. The number of aliphatic hydroxyl groups excluding tert-OH is 1. The topological polar surface area (TPSA) is 95.9 Å². The van der Waals surface area contributed by atoms with E-state index >= 15 is 0 Å². The van der Waals surface area contributed by atoms with Gasteiger partial charge in [-0.15, -0.1) is 0 Å². The van der Waals surface area contributed by atoms with Crippen LogP contribution in [-0.4, -0.2) is 43.9 Å². The van der Waals surface area contributed by atoms with Crippen LogP contribution < -0.4 is 14.4 Å². The molecular weight excluding hydrogens is 584 g/mol. The number of anilines is 1.